The van der Waals surface area contributed by atoms with Gasteiger partial charge in [-0.2, -0.15) is 0 Å². The lowest BCUT2D eigenvalue weighted by Gasteiger charge is -2.35. The highest BCUT2D eigenvalue weighted by Gasteiger charge is 2.33. The van der Waals surface area contributed by atoms with Gasteiger partial charge in [-0.3, -0.25) is 0 Å². The van der Waals surface area contributed by atoms with Gasteiger partial charge < -0.3 is 4.31 Å². The summed E-state index contributed by atoms with van der Waals surface area (Å²) in [6.45, 7) is 0. The predicted octanol–water partition coefficient (Wildman–Crippen LogP) is 3.79. The standard InChI is InChI=1S/C15H20FN3S/c1-19(15-6-7-17-10-18-15)20-14-9-12-5-3-2-4-11(12)8-13(14)16/h6-7,9-11,13-14H,2-5,8H2,1H3. The minimum atomic E-state index is -0.754. The Kier molecular flexibility index (Phi) is 4.24. The van der Waals surface area contributed by atoms with Gasteiger partial charge in [-0.15, -0.1) is 0 Å². The molecule has 3 unspecified atom stereocenters. The number of rotatable bonds is 3. The van der Waals surface area contributed by atoms with Crippen LogP contribution in [0.4, 0.5) is 10.2 Å². The van der Waals surface area contributed by atoms with E-state index in [-0.39, 0.29) is 5.25 Å². The summed E-state index contributed by atoms with van der Waals surface area (Å²) in [6.07, 6.45) is 10.2. The minimum absolute atomic E-state index is 0.0840. The first-order valence-electron chi connectivity index (χ1n) is 7.25. The van der Waals surface area contributed by atoms with E-state index in [9.17, 15) is 4.39 Å². The van der Waals surface area contributed by atoms with Crippen molar-refractivity contribution < 1.29 is 4.39 Å². The van der Waals surface area contributed by atoms with Gasteiger partial charge in [0.2, 0.25) is 0 Å². The average molecular weight is 293 g/mol. The molecule has 2 aliphatic rings. The molecule has 1 aromatic heterocycles. The summed E-state index contributed by atoms with van der Waals surface area (Å²) >= 11 is 1.53. The lowest BCUT2D eigenvalue weighted by molar-refractivity contribution is 0.254. The normalized spacial score (nSPS) is 29.5. The zero-order valence-corrected chi connectivity index (χ0v) is 12.5. The predicted molar refractivity (Wildman–Crippen MR) is 81.4 cm³/mol. The molecule has 3 nitrogen and oxygen atoms in total. The molecule has 20 heavy (non-hydrogen) atoms. The van der Waals surface area contributed by atoms with Crippen molar-refractivity contribution >= 4 is 17.8 Å². The van der Waals surface area contributed by atoms with Crippen molar-refractivity contribution in [2.24, 2.45) is 5.92 Å². The Bertz CT molecular complexity index is 479. The molecule has 0 saturated heterocycles. The molecule has 1 aromatic rings. The van der Waals surface area contributed by atoms with Gasteiger partial charge in [-0.25, -0.2) is 14.4 Å². The molecule has 3 atom stereocenters. The van der Waals surface area contributed by atoms with Crippen LogP contribution < -0.4 is 4.31 Å². The monoisotopic (exact) mass is 293 g/mol. The largest absolute Gasteiger partial charge is 0.303 e. The lowest BCUT2D eigenvalue weighted by Crippen LogP contribution is -2.31. The number of alkyl halides is 1. The fraction of sp³-hybridized carbons (Fsp3) is 0.600. The van der Waals surface area contributed by atoms with E-state index in [1.54, 1.807) is 6.20 Å². The second kappa shape index (κ2) is 6.12. The molecule has 3 rings (SSSR count). The smallest absolute Gasteiger partial charge is 0.141 e. The average Bonchev–Trinajstić information content (AvgIpc) is 2.49. The van der Waals surface area contributed by atoms with Crippen LogP contribution in [-0.4, -0.2) is 28.4 Å². The number of allylic oxidation sites excluding steroid dienone is 1. The van der Waals surface area contributed by atoms with Crippen molar-refractivity contribution in [2.75, 3.05) is 11.4 Å². The van der Waals surface area contributed by atoms with Crippen LogP contribution in [0.1, 0.15) is 32.1 Å². The first kappa shape index (κ1) is 13.9. The van der Waals surface area contributed by atoms with Gasteiger partial charge in [0, 0.05) is 13.2 Å². The molecule has 108 valence electrons. The highest BCUT2D eigenvalue weighted by atomic mass is 32.2. The van der Waals surface area contributed by atoms with Crippen molar-refractivity contribution in [1.29, 1.82) is 0 Å². The highest BCUT2D eigenvalue weighted by molar-refractivity contribution is 8.01. The topological polar surface area (TPSA) is 29.0 Å². The molecule has 0 aliphatic heterocycles. The molecular weight excluding hydrogens is 273 g/mol. The van der Waals surface area contributed by atoms with Crippen LogP contribution in [0.5, 0.6) is 0 Å². The molecule has 0 bridgehead atoms. The molecule has 1 heterocycles. The van der Waals surface area contributed by atoms with Gasteiger partial charge in [-0.1, -0.05) is 18.1 Å². The van der Waals surface area contributed by atoms with E-state index < -0.39 is 6.17 Å². The van der Waals surface area contributed by atoms with Gasteiger partial charge in [0.1, 0.15) is 18.3 Å². The summed E-state index contributed by atoms with van der Waals surface area (Å²) < 4.78 is 16.3. The Morgan fingerprint density at radius 2 is 2.30 bits per heavy atom. The Morgan fingerprint density at radius 1 is 1.40 bits per heavy atom. The fourth-order valence-corrected chi connectivity index (χ4v) is 4.18. The molecule has 0 amide bonds. The van der Waals surface area contributed by atoms with E-state index in [4.69, 9.17) is 0 Å². The third-order valence-electron chi connectivity index (χ3n) is 4.21. The van der Waals surface area contributed by atoms with E-state index in [1.165, 1.54) is 43.1 Å². The van der Waals surface area contributed by atoms with E-state index >= 15 is 0 Å². The summed E-state index contributed by atoms with van der Waals surface area (Å²) in [6, 6.07) is 1.85. The maximum atomic E-state index is 14.4. The molecule has 0 N–H and O–H groups in total. The first-order chi connectivity index (χ1) is 9.74. The lowest BCUT2D eigenvalue weighted by atomic mass is 9.77. The van der Waals surface area contributed by atoms with Gasteiger partial charge in [0.25, 0.3) is 0 Å². The number of hydrogen-bond acceptors (Lipinski definition) is 4. The summed E-state index contributed by atoms with van der Waals surface area (Å²) in [5.74, 6) is 1.32. The molecular formula is C15H20FN3S. The highest BCUT2D eigenvalue weighted by Crippen LogP contribution is 2.41. The number of aromatic nitrogens is 2. The molecule has 1 fully saturated rings. The molecule has 1 saturated carbocycles. The van der Waals surface area contributed by atoms with Crippen molar-refractivity contribution in [3.63, 3.8) is 0 Å². The van der Waals surface area contributed by atoms with Crippen molar-refractivity contribution in [2.45, 2.75) is 43.5 Å². The molecule has 0 aromatic carbocycles. The zero-order chi connectivity index (χ0) is 13.9. The Labute approximate surface area is 123 Å². The molecule has 5 heteroatoms. The summed E-state index contributed by atoms with van der Waals surface area (Å²) in [4.78, 5) is 8.11. The van der Waals surface area contributed by atoms with Crippen LogP contribution in [0, 0.1) is 5.92 Å². The van der Waals surface area contributed by atoms with E-state index in [2.05, 4.69) is 16.0 Å². The summed E-state index contributed by atoms with van der Waals surface area (Å²) in [5, 5.41) is -0.0840. The number of halogens is 1. The Morgan fingerprint density at radius 3 is 3.10 bits per heavy atom. The molecule has 0 spiro atoms. The maximum Gasteiger partial charge on any atom is 0.141 e. The third-order valence-corrected chi connectivity index (χ3v) is 5.38. The van der Waals surface area contributed by atoms with E-state index in [1.807, 2.05) is 17.4 Å². The number of fused-ring (bicyclic) bond motifs is 1. The second-order valence-corrected chi connectivity index (χ2v) is 6.87. The van der Waals surface area contributed by atoms with Crippen LogP contribution in [0.15, 0.2) is 30.2 Å². The fourth-order valence-electron chi connectivity index (χ4n) is 3.12. The van der Waals surface area contributed by atoms with Gasteiger partial charge in [0.05, 0.1) is 5.25 Å². The molecule has 0 radical (unpaired) electrons. The van der Waals surface area contributed by atoms with Crippen LogP contribution in [-0.2, 0) is 0 Å². The molecule has 2 aliphatic carbocycles. The third kappa shape index (κ3) is 2.97. The quantitative estimate of drug-likeness (QED) is 0.626. The van der Waals surface area contributed by atoms with Crippen LogP contribution >= 0.6 is 11.9 Å². The minimum Gasteiger partial charge on any atom is -0.303 e. The van der Waals surface area contributed by atoms with Gasteiger partial charge in [-0.05, 0) is 49.6 Å². The van der Waals surface area contributed by atoms with Crippen molar-refractivity contribution in [3.05, 3.63) is 30.2 Å². The van der Waals surface area contributed by atoms with Crippen molar-refractivity contribution in [3.8, 4) is 0 Å². The second-order valence-electron chi connectivity index (χ2n) is 5.57. The van der Waals surface area contributed by atoms with Crippen LogP contribution in [0.3, 0.4) is 0 Å². The number of anilines is 1. The van der Waals surface area contributed by atoms with Gasteiger partial charge >= 0.3 is 0 Å². The Hall–Kier alpha value is -1.10. The van der Waals surface area contributed by atoms with Crippen LogP contribution in [0.2, 0.25) is 0 Å². The maximum absolute atomic E-state index is 14.4. The SMILES string of the molecule is CN(SC1C=C2CCCCC2CC1F)c1ccncn1. The first-order valence-corrected chi connectivity index (χ1v) is 8.09. The number of hydrogen-bond donors (Lipinski definition) is 0. The van der Waals surface area contributed by atoms with Gasteiger partial charge in [0.15, 0.2) is 0 Å². The van der Waals surface area contributed by atoms with Crippen LogP contribution in [0.25, 0.3) is 0 Å². The summed E-state index contributed by atoms with van der Waals surface area (Å²) in [7, 11) is 1.94. The van der Waals surface area contributed by atoms with E-state index in [0.717, 1.165) is 12.2 Å². The summed E-state index contributed by atoms with van der Waals surface area (Å²) in [5.41, 5.74) is 1.48. The zero-order valence-electron chi connectivity index (χ0n) is 11.7. The number of nitrogens with zero attached hydrogens (tertiary/aromatic N) is 3. The van der Waals surface area contributed by atoms with Crippen molar-refractivity contribution in [1.82, 2.24) is 9.97 Å². The Balaban J connectivity index is 1.70. The van der Waals surface area contributed by atoms with E-state index in [0.29, 0.717) is 12.3 Å².